The van der Waals surface area contributed by atoms with Crippen molar-refractivity contribution in [3.8, 4) is 0 Å². The second-order valence-corrected chi connectivity index (χ2v) is 7.58. The number of carbonyl (C=O) groups excluding carboxylic acids is 1. The van der Waals surface area contributed by atoms with Crippen LogP contribution in [-0.4, -0.2) is 29.9 Å². The Bertz CT molecular complexity index is 726. The highest BCUT2D eigenvalue weighted by Crippen LogP contribution is 2.20. The zero-order valence-corrected chi connectivity index (χ0v) is 16.0. The molecule has 0 radical (unpaired) electrons. The third kappa shape index (κ3) is 5.90. The first kappa shape index (κ1) is 19.6. The SMILES string of the molecule is C[C@@H](CCc1ccccc1)NC(=O)C1CCN(Cc2ccccc2F)CC1. The second kappa shape index (κ2) is 9.65. The summed E-state index contributed by atoms with van der Waals surface area (Å²) in [5, 5.41) is 3.18. The largest absolute Gasteiger partial charge is 0.353 e. The van der Waals surface area contributed by atoms with Gasteiger partial charge in [-0.3, -0.25) is 9.69 Å². The minimum absolute atomic E-state index is 0.0704. The van der Waals surface area contributed by atoms with Gasteiger partial charge < -0.3 is 5.32 Å². The van der Waals surface area contributed by atoms with Crippen LogP contribution in [0.5, 0.6) is 0 Å². The lowest BCUT2D eigenvalue weighted by Crippen LogP contribution is -2.43. The maximum Gasteiger partial charge on any atom is 0.223 e. The highest BCUT2D eigenvalue weighted by atomic mass is 19.1. The Labute approximate surface area is 161 Å². The summed E-state index contributed by atoms with van der Waals surface area (Å²) in [7, 11) is 0. The Morgan fingerprint density at radius 3 is 2.48 bits per heavy atom. The number of carbonyl (C=O) groups is 1. The van der Waals surface area contributed by atoms with Crippen molar-refractivity contribution >= 4 is 5.91 Å². The van der Waals surface area contributed by atoms with Crippen LogP contribution in [0.25, 0.3) is 0 Å². The Hall–Kier alpha value is -2.20. The number of piperidine rings is 1. The summed E-state index contributed by atoms with van der Waals surface area (Å²) in [5.74, 6) is 0.0896. The van der Waals surface area contributed by atoms with Crippen molar-refractivity contribution in [3.63, 3.8) is 0 Å². The highest BCUT2D eigenvalue weighted by Gasteiger charge is 2.26. The van der Waals surface area contributed by atoms with E-state index in [0.717, 1.165) is 44.3 Å². The second-order valence-electron chi connectivity index (χ2n) is 7.58. The van der Waals surface area contributed by atoms with Gasteiger partial charge in [0.1, 0.15) is 5.82 Å². The fourth-order valence-electron chi connectivity index (χ4n) is 3.68. The molecular formula is C23H29FN2O. The van der Waals surface area contributed by atoms with Crippen molar-refractivity contribution in [2.75, 3.05) is 13.1 Å². The van der Waals surface area contributed by atoms with E-state index < -0.39 is 0 Å². The predicted molar refractivity (Wildman–Crippen MR) is 107 cm³/mol. The van der Waals surface area contributed by atoms with Gasteiger partial charge in [-0.1, -0.05) is 48.5 Å². The van der Waals surface area contributed by atoms with Crippen LogP contribution in [0, 0.1) is 11.7 Å². The molecule has 1 aliphatic rings. The van der Waals surface area contributed by atoms with Gasteiger partial charge >= 0.3 is 0 Å². The normalized spacial score (nSPS) is 16.8. The molecule has 0 bridgehead atoms. The minimum Gasteiger partial charge on any atom is -0.353 e. The number of rotatable bonds is 7. The third-order valence-corrected chi connectivity index (χ3v) is 5.41. The molecule has 27 heavy (non-hydrogen) atoms. The van der Waals surface area contributed by atoms with Crippen LogP contribution < -0.4 is 5.32 Å². The zero-order chi connectivity index (χ0) is 19.1. The van der Waals surface area contributed by atoms with E-state index in [1.807, 2.05) is 30.3 Å². The monoisotopic (exact) mass is 368 g/mol. The van der Waals surface area contributed by atoms with E-state index in [2.05, 4.69) is 29.3 Å². The zero-order valence-electron chi connectivity index (χ0n) is 16.0. The van der Waals surface area contributed by atoms with Gasteiger partial charge in [-0.05, 0) is 57.3 Å². The maximum atomic E-state index is 13.8. The molecule has 2 aromatic carbocycles. The summed E-state index contributed by atoms with van der Waals surface area (Å²) >= 11 is 0. The van der Waals surface area contributed by atoms with E-state index in [1.54, 1.807) is 6.07 Å². The lowest BCUT2D eigenvalue weighted by Gasteiger charge is -2.32. The first-order valence-electron chi connectivity index (χ1n) is 9.92. The van der Waals surface area contributed by atoms with Crippen LogP contribution in [0.1, 0.15) is 37.3 Å². The van der Waals surface area contributed by atoms with E-state index in [0.29, 0.717) is 6.54 Å². The molecule has 0 spiro atoms. The number of aryl methyl sites for hydroxylation is 1. The smallest absolute Gasteiger partial charge is 0.223 e. The summed E-state index contributed by atoms with van der Waals surface area (Å²) in [6.07, 6.45) is 3.60. The standard InChI is InChI=1S/C23H29FN2O/c1-18(11-12-19-7-3-2-4-8-19)25-23(27)20-13-15-26(16-14-20)17-21-9-5-6-10-22(21)24/h2-10,18,20H,11-17H2,1H3,(H,25,27)/t18-/m0/s1. The number of benzene rings is 2. The molecule has 0 saturated carbocycles. The number of nitrogens with zero attached hydrogens (tertiary/aromatic N) is 1. The Morgan fingerprint density at radius 2 is 1.78 bits per heavy atom. The van der Waals surface area contributed by atoms with Gasteiger partial charge in [0.25, 0.3) is 0 Å². The number of hydrogen-bond acceptors (Lipinski definition) is 2. The van der Waals surface area contributed by atoms with Crippen LogP contribution >= 0.6 is 0 Å². The molecule has 1 fully saturated rings. The molecule has 0 aromatic heterocycles. The van der Waals surface area contributed by atoms with E-state index in [1.165, 1.54) is 11.6 Å². The summed E-state index contributed by atoms with van der Waals surface area (Å²) in [6, 6.07) is 17.5. The van der Waals surface area contributed by atoms with E-state index >= 15 is 0 Å². The van der Waals surface area contributed by atoms with Crippen molar-refractivity contribution in [2.45, 2.75) is 45.2 Å². The fraction of sp³-hybridized carbons (Fsp3) is 0.435. The van der Waals surface area contributed by atoms with E-state index in [9.17, 15) is 9.18 Å². The molecule has 1 atom stereocenters. The van der Waals surface area contributed by atoms with Crippen LogP contribution in [0.2, 0.25) is 0 Å². The van der Waals surface area contributed by atoms with Gasteiger partial charge in [0.05, 0.1) is 0 Å². The molecule has 3 nitrogen and oxygen atoms in total. The average molecular weight is 368 g/mol. The summed E-state index contributed by atoms with van der Waals surface area (Å²) in [5.41, 5.74) is 2.04. The number of halogens is 1. The molecule has 144 valence electrons. The van der Waals surface area contributed by atoms with Gasteiger partial charge in [0, 0.05) is 24.1 Å². The third-order valence-electron chi connectivity index (χ3n) is 5.41. The predicted octanol–water partition coefficient (Wildman–Crippen LogP) is 4.18. The van der Waals surface area contributed by atoms with Gasteiger partial charge in [-0.2, -0.15) is 0 Å². The van der Waals surface area contributed by atoms with Crippen molar-refractivity contribution < 1.29 is 9.18 Å². The Morgan fingerprint density at radius 1 is 1.11 bits per heavy atom. The number of likely N-dealkylation sites (tertiary alicyclic amines) is 1. The Kier molecular flexibility index (Phi) is 6.99. The van der Waals surface area contributed by atoms with E-state index in [-0.39, 0.29) is 23.7 Å². The quantitative estimate of drug-likeness (QED) is 0.795. The van der Waals surface area contributed by atoms with Gasteiger partial charge in [-0.15, -0.1) is 0 Å². The minimum atomic E-state index is -0.149. The summed E-state index contributed by atoms with van der Waals surface area (Å²) < 4.78 is 13.8. The van der Waals surface area contributed by atoms with Crippen LogP contribution in [0.4, 0.5) is 4.39 Å². The van der Waals surface area contributed by atoms with Crippen molar-refractivity contribution in [2.24, 2.45) is 5.92 Å². The Balaban J connectivity index is 1.39. The molecule has 0 unspecified atom stereocenters. The maximum absolute atomic E-state index is 13.8. The van der Waals surface area contributed by atoms with Gasteiger partial charge in [0.15, 0.2) is 0 Å². The topological polar surface area (TPSA) is 32.3 Å². The first-order chi connectivity index (χ1) is 13.1. The number of nitrogens with one attached hydrogen (secondary N) is 1. The van der Waals surface area contributed by atoms with Gasteiger partial charge in [-0.25, -0.2) is 4.39 Å². The molecule has 0 aliphatic carbocycles. The van der Waals surface area contributed by atoms with Crippen LogP contribution in [0.3, 0.4) is 0 Å². The molecular weight excluding hydrogens is 339 g/mol. The first-order valence-corrected chi connectivity index (χ1v) is 9.92. The fourth-order valence-corrected chi connectivity index (χ4v) is 3.68. The molecule has 1 aliphatic heterocycles. The number of amides is 1. The number of hydrogen-bond donors (Lipinski definition) is 1. The summed E-state index contributed by atoms with van der Waals surface area (Å²) in [4.78, 5) is 14.8. The van der Waals surface area contributed by atoms with Crippen molar-refractivity contribution in [1.29, 1.82) is 0 Å². The van der Waals surface area contributed by atoms with Crippen molar-refractivity contribution in [1.82, 2.24) is 10.2 Å². The molecule has 1 heterocycles. The lowest BCUT2D eigenvalue weighted by molar-refractivity contribution is -0.127. The summed E-state index contributed by atoms with van der Waals surface area (Å²) in [6.45, 7) is 4.37. The molecule has 4 heteroatoms. The molecule has 3 rings (SSSR count). The van der Waals surface area contributed by atoms with Crippen LogP contribution in [-0.2, 0) is 17.8 Å². The van der Waals surface area contributed by atoms with Gasteiger partial charge in [0.2, 0.25) is 5.91 Å². The lowest BCUT2D eigenvalue weighted by atomic mass is 9.95. The molecule has 1 N–H and O–H groups in total. The molecule has 2 aromatic rings. The van der Waals surface area contributed by atoms with Crippen LogP contribution in [0.15, 0.2) is 54.6 Å². The van der Waals surface area contributed by atoms with Crippen molar-refractivity contribution in [3.05, 3.63) is 71.5 Å². The van der Waals surface area contributed by atoms with E-state index in [4.69, 9.17) is 0 Å². The highest BCUT2D eigenvalue weighted by molar-refractivity contribution is 5.79. The molecule has 1 saturated heterocycles. The average Bonchev–Trinajstić information content (AvgIpc) is 2.69. The molecule has 1 amide bonds.